The zero-order chi connectivity index (χ0) is 9.52. The lowest BCUT2D eigenvalue weighted by Crippen LogP contribution is -2.20. The van der Waals surface area contributed by atoms with Gasteiger partial charge in [0, 0.05) is 12.3 Å². The first-order chi connectivity index (χ1) is 6.33. The highest BCUT2D eigenvalue weighted by Gasteiger charge is 2.19. The van der Waals surface area contributed by atoms with Gasteiger partial charge in [-0.1, -0.05) is 20.3 Å². The minimum absolute atomic E-state index is 0.897. The van der Waals surface area contributed by atoms with Gasteiger partial charge in [-0.05, 0) is 37.0 Å². The van der Waals surface area contributed by atoms with E-state index in [1.807, 2.05) is 0 Å². The Hall–Kier alpha value is 0.310. The van der Waals surface area contributed by atoms with E-state index >= 15 is 0 Å². The minimum Gasteiger partial charge on any atom is -0.316 e. The van der Waals surface area contributed by atoms with E-state index < -0.39 is 0 Å². The molecule has 1 saturated carbocycles. The van der Waals surface area contributed by atoms with E-state index in [0.717, 1.165) is 11.8 Å². The third-order valence-corrected chi connectivity index (χ3v) is 3.95. The number of hydrogen-bond acceptors (Lipinski definition) is 2. The molecule has 0 aromatic rings. The number of rotatable bonds is 8. The molecule has 1 atom stereocenters. The molecular weight excluding hydrogens is 178 g/mol. The van der Waals surface area contributed by atoms with Crippen LogP contribution in [0.25, 0.3) is 0 Å². The monoisotopic (exact) mass is 201 g/mol. The van der Waals surface area contributed by atoms with Crippen LogP contribution in [0.15, 0.2) is 0 Å². The molecule has 13 heavy (non-hydrogen) atoms. The van der Waals surface area contributed by atoms with Crippen molar-refractivity contribution in [2.24, 2.45) is 11.8 Å². The molecule has 0 saturated heterocycles. The third kappa shape index (κ3) is 6.39. The molecular formula is C11H23NS. The van der Waals surface area contributed by atoms with Crippen molar-refractivity contribution in [3.8, 4) is 0 Å². The Balaban J connectivity index is 1.72. The molecule has 1 unspecified atom stereocenters. The van der Waals surface area contributed by atoms with Crippen molar-refractivity contribution in [1.82, 2.24) is 5.32 Å². The molecule has 1 rings (SSSR count). The van der Waals surface area contributed by atoms with Crippen LogP contribution in [0.2, 0.25) is 0 Å². The van der Waals surface area contributed by atoms with Crippen molar-refractivity contribution in [2.45, 2.75) is 33.1 Å². The van der Waals surface area contributed by atoms with Crippen LogP contribution in [0.3, 0.4) is 0 Å². The maximum atomic E-state index is 3.52. The maximum absolute atomic E-state index is 3.52. The van der Waals surface area contributed by atoms with Crippen LogP contribution in [0, 0.1) is 11.8 Å². The summed E-state index contributed by atoms with van der Waals surface area (Å²) in [6.07, 6.45) is 4.25. The van der Waals surface area contributed by atoms with Crippen molar-refractivity contribution < 1.29 is 0 Å². The molecule has 0 aliphatic heterocycles. The van der Waals surface area contributed by atoms with Gasteiger partial charge < -0.3 is 5.32 Å². The van der Waals surface area contributed by atoms with Gasteiger partial charge in [0.2, 0.25) is 0 Å². The fraction of sp³-hybridized carbons (Fsp3) is 1.00. The molecule has 0 spiro atoms. The summed E-state index contributed by atoms with van der Waals surface area (Å²) in [7, 11) is 0. The van der Waals surface area contributed by atoms with E-state index in [2.05, 4.69) is 30.9 Å². The molecule has 1 aliphatic rings. The summed E-state index contributed by atoms with van der Waals surface area (Å²) in [5.74, 6) is 4.55. The molecule has 0 radical (unpaired) electrons. The highest BCUT2D eigenvalue weighted by Crippen LogP contribution is 2.27. The summed E-state index contributed by atoms with van der Waals surface area (Å²) in [6.45, 7) is 7.09. The predicted molar refractivity (Wildman–Crippen MR) is 62.4 cm³/mol. The second kappa shape index (κ2) is 6.72. The molecule has 0 aromatic heterocycles. The highest BCUT2D eigenvalue weighted by atomic mass is 32.2. The molecule has 0 bridgehead atoms. The van der Waals surface area contributed by atoms with Gasteiger partial charge in [-0.15, -0.1) is 0 Å². The van der Waals surface area contributed by atoms with Crippen molar-refractivity contribution >= 4 is 11.8 Å². The van der Waals surface area contributed by atoms with E-state index in [0.29, 0.717) is 0 Å². The normalized spacial score (nSPS) is 18.9. The lowest BCUT2D eigenvalue weighted by molar-refractivity contribution is 0.634. The van der Waals surface area contributed by atoms with Crippen LogP contribution in [0.5, 0.6) is 0 Å². The Morgan fingerprint density at radius 1 is 1.46 bits per heavy atom. The Bertz CT molecular complexity index is 123. The molecule has 0 heterocycles. The highest BCUT2D eigenvalue weighted by molar-refractivity contribution is 7.99. The van der Waals surface area contributed by atoms with Crippen molar-refractivity contribution in [3.63, 3.8) is 0 Å². The van der Waals surface area contributed by atoms with Crippen LogP contribution in [0.1, 0.15) is 33.1 Å². The molecule has 1 aliphatic carbocycles. The number of hydrogen-bond donors (Lipinski definition) is 1. The summed E-state index contributed by atoms with van der Waals surface area (Å²) in [4.78, 5) is 0. The predicted octanol–water partition coefficient (Wildman–Crippen LogP) is 2.77. The lowest BCUT2D eigenvalue weighted by Gasteiger charge is -2.07. The Kier molecular flexibility index (Phi) is 5.88. The van der Waals surface area contributed by atoms with Gasteiger partial charge in [0.1, 0.15) is 0 Å². The molecule has 1 nitrogen and oxygen atoms in total. The van der Waals surface area contributed by atoms with E-state index in [4.69, 9.17) is 0 Å². The van der Waals surface area contributed by atoms with Crippen molar-refractivity contribution in [2.75, 3.05) is 24.6 Å². The lowest BCUT2D eigenvalue weighted by atomic mass is 10.2. The molecule has 1 N–H and O–H groups in total. The fourth-order valence-corrected chi connectivity index (χ4v) is 2.27. The SMILES string of the molecule is CCC(C)CSCCNCC1CC1. The second-order valence-electron chi connectivity index (χ2n) is 4.24. The van der Waals surface area contributed by atoms with Crippen LogP contribution >= 0.6 is 11.8 Å². The van der Waals surface area contributed by atoms with Crippen LogP contribution in [0.4, 0.5) is 0 Å². The zero-order valence-corrected chi connectivity index (χ0v) is 9.83. The van der Waals surface area contributed by atoms with E-state index in [9.17, 15) is 0 Å². The molecule has 0 amide bonds. The topological polar surface area (TPSA) is 12.0 Å². The Morgan fingerprint density at radius 2 is 2.23 bits per heavy atom. The summed E-state index contributed by atoms with van der Waals surface area (Å²) < 4.78 is 0. The van der Waals surface area contributed by atoms with Crippen LogP contribution in [-0.2, 0) is 0 Å². The largest absolute Gasteiger partial charge is 0.316 e. The first-order valence-electron chi connectivity index (χ1n) is 5.61. The van der Waals surface area contributed by atoms with Gasteiger partial charge in [0.15, 0.2) is 0 Å². The molecule has 2 heteroatoms. The Labute approximate surface area is 87.1 Å². The van der Waals surface area contributed by atoms with Gasteiger partial charge in [-0.2, -0.15) is 11.8 Å². The van der Waals surface area contributed by atoms with Gasteiger partial charge in [0.05, 0.1) is 0 Å². The molecule has 78 valence electrons. The average molecular weight is 201 g/mol. The van der Waals surface area contributed by atoms with Crippen LogP contribution < -0.4 is 5.32 Å². The van der Waals surface area contributed by atoms with Crippen molar-refractivity contribution in [3.05, 3.63) is 0 Å². The molecule has 0 aromatic carbocycles. The smallest absolute Gasteiger partial charge is 0.00582 e. The first-order valence-corrected chi connectivity index (χ1v) is 6.76. The maximum Gasteiger partial charge on any atom is 0.00582 e. The minimum atomic E-state index is 0.897. The third-order valence-electron chi connectivity index (χ3n) is 2.65. The van der Waals surface area contributed by atoms with E-state index in [-0.39, 0.29) is 0 Å². The van der Waals surface area contributed by atoms with Gasteiger partial charge in [-0.3, -0.25) is 0 Å². The van der Waals surface area contributed by atoms with Gasteiger partial charge in [0.25, 0.3) is 0 Å². The number of nitrogens with one attached hydrogen (secondary N) is 1. The molecule has 1 fully saturated rings. The second-order valence-corrected chi connectivity index (χ2v) is 5.39. The van der Waals surface area contributed by atoms with Crippen LogP contribution in [-0.4, -0.2) is 24.6 Å². The summed E-state index contributed by atoms with van der Waals surface area (Å²) in [5.41, 5.74) is 0. The van der Waals surface area contributed by atoms with Gasteiger partial charge >= 0.3 is 0 Å². The van der Waals surface area contributed by atoms with Crippen molar-refractivity contribution in [1.29, 1.82) is 0 Å². The van der Waals surface area contributed by atoms with Gasteiger partial charge in [-0.25, -0.2) is 0 Å². The van der Waals surface area contributed by atoms with E-state index in [1.54, 1.807) is 0 Å². The van der Waals surface area contributed by atoms with E-state index in [1.165, 1.54) is 43.9 Å². The summed E-state index contributed by atoms with van der Waals surface area (Å²) >= 11 is 2.10. The Morgan fingerprint density at radius 3 is 2.85 bits per heavy atom. The zero-order valence-electron chi connectivity index (χ0n) is 9.01. The standard InChI is InChI=1S/C11H23NS/c1-3-10(2)9-13-7-6-12-8-11-4-5-11/h10-12H,3-9H2,1-2H3. The fourth-order valence-electron chi connectivity index (χ4n) is 1.17. The summed E-state index contributed by atoms with van der Waals surface area (Å²) in [6, 6.07) is 0. The quantitative estimate of drug-likeness (QED) is 0.606. The average Bonchev–Trinajstić information content (AvgIpc) is 2.94. The number of thioether (sulfide) groups is 1. The summed E-state index contributed by atoms with van der Waals surface area (Å²) in [5, 5.41) is 3.52. The first kappa shape index (κ1) is 11.4.